The molecule has 1 aromatic carbocycles. The largest absolute Gasteiger partial charge is 0.351 e. The molecule has 0 N–H and O–H groups in total. The van der Waals surface area contributed by atoms with Crippen molar-refractivity contribution in [3.05, 3.63) is 30.6 Å². The molecule has 4 rings (SSSR count). The quantitative estimate of drug-likeness (QED) is 0.663. The SMILES string of the molecule is ClN1CCN(c2nsnc2-c2ccc(-n3cnnn3)cc2)CC1. The van der Waals surface area contributed by atoms with Crippen LogP contribution < -0.4 is 4.90 Å². The molecule has 0 aliphatic carbocycles. The Morgan fingerprint density at radius 1 is 1.00 bits per heavy atom. The number of hydrogen-bond acceptors (Lipinski definition) is 8. The van der Waals surface area contributed by atoms with Gasteiger partial charge < -0.3 is 4.90 Å². The highest BCUT2D eigenvalue weighted by Crippen LogP contribution is 2.30. The van der Waals surface area contributed by atoms with Gasteiger partial charge in [-0.2, -0.15) is 8.75 Å². The van der Waals surface area contributed by atoms with E-state index in [9.17, 15) is 0 Å². The van der Waals surface area contributed by atoms with E-state index in [1.165, 1.54) is 11.7 Å². The van der Waals surface area contributed by atoms with Gasteiger partial charge in [0, 0.05) is 31.7 Å². The van der Waals surface area contributed by atoms with Crippen molar-refractivity contribution in [2.24, 2.45) is 0 Å². The first-order valence-electron chi connectivity index (χ1n) is 7.13. The van der Waals surface area contributed by atoms with Gasteiger partial charge in [-0.25, -0.2) is 9.10 Å². The number of hydrogen-bond donors (Lipinski definition) is 0. The first-order chi connectivity index (χ1) is 11.3. The maximum Gasteiger partial charge on any atom is 0.170 e. The highest BCUT2D eigenvalue weighted by Gasteiger charge is 2.21. The molecule has 1 aliphatic heterocycles. The Labute approximate surface area is 141 Å². The summed E-state index contributed by atoms with van der Waals surface area (Å²) >= 11 is 7.25. The zero-order chi connectivity index (χ0) is 15.6. The minimum Gasteiger partial charge on any atom is -0.351 e. The number of aromatic nitrogens is 6. The molecule has 118 valence electrons. The van der Waals surface area contributed by atoms with Crippen molar-refractivity contribution in [1.29, 1.82) is 0 Å². The van der Waals surface area contributed by atoms with Gasteiger partial charge in [-0.05, 0) is 34.3 Å². The molecule has 0 bridgehead atoms. The lowest BCUT2D eigenvalue weighted by Gasteiger charge is -2.31. The van der Waals surface area contributed by atoms with Gasteiger partial charge in [0.15, 0.2) is 5.82 Å². The second-order valence-corrected chi connectivity index (χ2v) is 6.14. The molecule has 0 unspecified atom stereocenters. The van der Waals surface area contributed by atoms with Crippen LogP contribution in [0.1, 0.15) is 0 Å². The van der Waals surface area contributed by atoms with Crippen molar-refractivity contribution < 1.29 is 0 Å². The number of nitrogens with zero attached hydrogens (tertiary/aromatic N) is 8. The van der Waals surface area contributed by atoms with Gasteiger partial charge >= 0.3 is 0 Å². The van der Waals surface area contributed by atoms with Crippen molar-refractivity contribution in [3.8, 4) is 16.9 Å². The second kappa shape index (κ2) is 6.19. The van der Waals surface area contributed by atoms with Crippen molar-refractivity contribution in [2.45, 2.75) is 0 Å². The third-order valence-electron chi connectivity index (χ3n) is 3.75. The Morgan fingerprint density at radius 3 is 2.48 bits per heavy atom. The van der Waals surface area contributed by atoms with Gasteiger partial charge in [-0.3, -0.25) is 0 Å². The topological polar surface area (TPSA) is 75.9 Å². The maximum absolute atomic E-state index is 6.02. The average Bonchev–Trinajstić information content (AvgIpc) is 3.28. The number of anilines is 1. The summed E-state index contributed by atoms with van der Waals surface area (Å²) < 4.78 is 12.4. The lowest BCUT2D eigenvalue weighted by molar-refractivity contribution is 0.415. The Hall–Kier alpha value is -2.10. The Bertz CT molecular complexity index is 764. The fourth-order valence-electron chi connectivity index (χ4n) is 2.52. The molecule has 0 amide bonds. The molecule has 0 radical (unpaired) electrons. The molecule has 23 heavy (non-hydrogen) atoms. The van der Waals surface area contributed by atoms with Crippen LogP contribution in [0.3, 0.4) is 0 Å². The fourth-order valence-corrected chi connectivity index (χ4v) is 3.26. The summed E-state index contributed by atoms with van der Waals surface area (Å²) in [5, 5.41) is 11.2. The van der Waals surface area contributed by atoms with Gasteiger partial charge in [0.05, 0.1) is 17.4 Å². The summed E-state index contributed by atoms with van der Waals surface area (Å²) in [6.07, 6.45) is 1.57. The van der Waals surface area contributed by atoms with Gasteiger partial charge in [0.25, 0.3) is 0 Å². The van der Waals surface area contributed by atoms with Crippen LogP contribution in [-0.2, 0) is 0 Å². The molecular weight excluding hydrogens is 336 g/mol. The summed E-state index contributed by atoms with van der Waals surface area (Å²) in [7, 11) is 0. The maximum atomic E-state index is 6.02. The van der Waals surface area contributed by atoms with E-state index in [2.05, 4.69) is 29.2 Å². The van der Waals surface area contributed by atoms with E-state index in [1.54, 1.807) is 15.4 Å². The number of halogens is 1. The van der Waals surface area contributed by atoms with E-state index in [4.69, 9.17) is 11.8 Å². The summed E-state index contributed by atoms with van der Waals surface area (Å²) in [5.41, 5.74) is 2.83. The monoisotopic (exact) mass is 348 g/mol. The Kier molecular flexibility index (Phi) is 3.90. The molecular formula is C13H13ClN8S. The Morgan fingerprint density at radius 2 is 1.78 bits per heavy atom. The third kappa shape index (κ3) is 2.90. The zero-order valence-corrected chi connectivity index (χ0v) is 13.7. The molecule has 0 atom stereocenters. The number of tetrazole rings is 1. The van der Waals surface area contributed by atoms with Gasteiger partial charge in [0.1, 0.15) is 12.0 Å². The summed E-state index contributed by atoms with van der Waals surface area (Å²) in [6.45, 7) is 3.34. The molecule has 3 heterocycles. The van der Waals surface area contributed by atoms with Crippen molar-refractivity contribution in [2.75, 3.05) is 31.1 Å². The molecule has 8 nitrogen and oxygen atoms in total. The van der Waals surface area contributed by atoms with Crippen molar-refractivity contribution in [1.82, 2.24) is 33.4 Å². The van der Waals surface area contributed by atoms with Crippen LogP contribution in [0.25, 0.3) is 16.9 Å². The lowest BCUT2D eigenvalue weighted by atomic mass is 10.1. The third-order valence-corrected chi connectivity index (χ3v) is 4.61. The van der Waals surface area contributed by atoms with Crippen LogP contribution in [0.15, 0.2) is 30.6 Å². The van der Waals surface area contributed by atoms with E-state index >= 15 is 0 Å². The van der Waals surface area contributed by atoms with Crippen LogP contribution in [-0.4, -0.2) is 59.6 Å². The van der Waals surface area contributed by atoms with Crippen molar-refractivity contribution >= 4 is 29.3 Å². The molecule has 2 aromatic heterocycles. The van der Waals surface area contributed by atoms with E-state index in [0.29, 0.717) is 0 Å². The normalized spacial score (nSPS) is 16.0. The van der Waals surface area contributed by atoms with Crippen LogP contribution in [0.4, 0.5) is 5.82 Å². The van der Waals surface area contributed by atoms with Crippen LogP contribution in [0.2, 0.25) is 0 Å². The summed E-state index contributed by atoms with van der Waals surface area (Å²) in [5.74, 6) is 0.926. The first kappa shape index (κ1) is 14.5. The first-order valence-corrected chi connectivity index (χ1v) is 8.20. The highest BCUT2D eigenvalue weighted by molar-refractivity contribution is 6.99. The van der Waals surface area contributed by atoms with E-state index < -0.39 is 0 Å². The summed E-state index contributed by atoms with van der Waals surface area (Å²) in [4.78, 5) is 2.23. The Balaban J connectivity index is 1.60. The number of rotatable bonds is 3. The predicted molar refractivity (Wildman–Crippen MR) is 87.7 cm³/mol. The second-order valence-electron chi connectivity index (χ2n) is 5.13. The van der Waals surface area contributed by atoms with Gasteiger partial charge in [0.2, 0.25) is 0 Å². The molecule has 1 saturated heterocycles. The van der Waals surface area contributed by atoms with Crippen LogP contribution in [0, 0.1) is 0 Å². The van der Waals surface area contributed by atoms with E-state index in [1.807, 2.05) is 24.3 Å². The predicted octanol–water partition coefficient (Wildman–Crippen LogP) is 1.46. The smallest absolute Gasteiger partial charge is 0.170 e. The molecule has 10 heteroatoms. The fraction of sp³-hybridized carbons (Fsp3) is 0.308. The van der Waals surface area contributed by atoms with Gasteiger partial charge in [-0.1, -0.05) is 12.1 Å². The number of benzene rings is 1. The molecule has 3 aromatic rings. The molecule has 0 spiro atoms. The van der Waals surface area contributed by atoms with Gasteiger partial charge in [-0.15, -0.1) is 5.10 Å². The standard InChI is InChI=1S/C13H13ClN8S/c14-21-7-5-20(6-8-21)13-12(16-23-17-13)10-1-3-11(4-2-10)22-9-15-18-19-22/h1-4,9H,5-8H2. The van der Waals surface area contributed by atoms with Crippen molar-refractivity contribution in [3.63, 3.8) is 0 Å². The molecule has 1 fully saturated rings. The van der Waals surface area contributed by atoms with Crippen LogP contribution in [0.5, 0.6) is 0 Å². The molecule has 1 aliphatic rings. The molecule has 0 saturated carbocycles. The highest BCUT2D eigenvalue weighted by atomic mass is 35.5. The van der Waals surface area contributed by atoms with Crippen LogP contribution >= 0.6 is 23.5 Å². The number of piperazine rings is 1. The van der Waals surface area contributed by atoms with E-state index in [0.717, 1.165) is 48.9 Å². The lowest BCUT2D eigenvalue weighted by Crippen LogP contribution is -2.42. The van der Waals surface area contributed by atoms with E-state index in [-0.39, 0.29) is 0 Å². The zero-order valence-electron chi connectivity index (χ0n) is 12.1. The minimum absolute atomic E-state index is 0.816. The summed E-state index contributed by atoms with van der Waals surface area (Å²) in [6, 6.07) is 7.95. The minimum atomic E-state index is 0.816. The average molecular weight is 349 g/mol.